The van der Waals surface area contributed by atoms with E-state index in [1.54, 1.807) is 13.1 Å². The Morgan fingerprint density at radius 3 is 2.44 bits per heavy atom. The first-order chi connectivity index (χ1) is 21.3. The molecule has 3 fully saturated rings. The van der Waals surface area contributed by atoms with Gasteiger partial charge in [0, 0.05) is 44.3 Å². The second kappa shape index (κ2) is 13.9. The standard InChI is InChI=1S/C31H43F3N6O4S/c1-21-28(30(41)40-16-12-25(13-17-40)39-14-10-24(11-15-39)38(2)45(3,42)43)36-20-37-29(21)35-19-26-8-5-9-27(44-26)22-6-4-7-23(18-22)31(32,33)34/h4,6-7,18,20,24-27H,5,8-17,19H2,1-3H3,(H,35,36,37). The number of rotatable bonds is 8. The van der Waals surface area contributed by atoms with Crippen molar-refractivity contribution in [3.05, 3.63) is 53.0 Å². The average Bonchev–Trinajstić information content (AvgIpc) is 3.03. The van der Waals surface area contributed by atoms with Crippen molar-refractivity contribution in [1.29, 1.82) is 0 Å². The van der Waals surface area contributed by atoms with Crippen molar-refractivity contribution >= 4 is 21.7 Å². The lowest BCUT2D eigenvalue weighted by Gasteiger charge is -2.43. The number of nitrogens with zero attached hydrogens (tertiary/aromatic N) is 5. The monoisotopic (exact) mass is 652 g/mol. The van der Waals surface area contributed by atoms with Gasteiger partial charge in [-0.05, 0) is 82.7 Å². The molecule has 0 bridgehead atoms. The fourth-order valence-electron chi connectivity index (χ4n) is 6.73. The van der Waals surface area contributed by atoms with Gasteiger partial charge in [0.05, 0.1) is 24.0 Å². The number of amides is 1. The number of carbonyl (C=O) groups excluding carboxylic acids is 1. The van der Waals surface area contributed by atoms with Crippen LogP contribution in [0.25, 0.3) is 0 Å². The topological polar surface area (TPSA) is 108 Å². The number of hydrogen-bond donors (Lipinski definition) is 1. The summed E-state index contributed by atoms with van der Waals surface area (Å²) in [5, 5.41) is 3.28. The maximum atomic E-state index is 13.5. The molecule has 3 aliphatic heterocycles. The number of anilines is 1. The summed E-state index contributed by atoms with van der Waals surface area (Å²) in [6.07, 6.45) is 3.12. The molecule has 3 aliphatic rings. The number of ether oxygens (including phenoxy) is 1. The minimum Gasteiger partial charge on any atom is -0.368 e. The minimum absolute atomic E-state index is 0.0305. The minimum atomic E-state index is -4.40. The van der Waals surface area contributed by atoms with E-state index >= 15 is 0 Å². The zero-order valence-electron chi connectivity index (χ0n) is 26.1. The first-order valence-corrected chi connectivity index (χ1v) is 17.5. The van der Waals surface area contributed by atoms with Crippen molar-refractivity contribution < 1.29 is 31.1 Å². The predicted molar refractivity (Wildman–Crippen MR) is 164 cm³/mol. The number of alkyl halides is 3. The van der Waals surface area contributed by atoms with Crippen molar-refractivity contribution in [2.24, 2.45) is 0 Å². The number of hydrogen-bond acceptors (Lipinski definition) is 8. The molecule has 5 rings (SSSR count). The Labute approximate surface area is 263 Å². The number of likely N-dealkylation sites (tertiary alicyclic amines) is 2. The van der Waals surface area contributed by atoms with Crippen LogP contribution in [0.2, 0.25) is 0 Å². The van der Waals surface area contributed by atoms with E-state index < -0.39 is 27.9 Å². The van der Waals surface area contributed by atoms with Crippen LogP contribution in [0.1, 0.15) is 78.2 Å². The van der Waals surface area contributed by atoms with Gasteiger partial charge in [0.1, 0.15) is 17.8 Å². The number of nitrogens with one attached hydrogen (secondary N) is 1. The Morgan fingerprint density at radius 2 is 1.78 bits per heavy atom. The van der Waals surface area contributed by atoms with Crippen molar-refractivity contribution in [1.82, 2.24) is 24.1 Å². The molecule has 1 amide bonds. The molecule has 2 unspecified atom stereocenters. The van der Waals surface area contributed by atoms with Crippen LogP contribution in [0.15, 0.2) is 30.6 Å². The van der Waals surface area contributed by atoms with E-state index in [-0.39, 0.29) is 18.1 Å². The van der Waals surface area contributed by atoms with Crippen LogP contribution in [0, 0.1) is 6.92 Å². The average molecular weight is 653 g/mol. The van der Waals surface area contributed by atoms with Crippen LogP contribution in [-0.4, -0.2) is 103 Å². The summed E-state index contributed by atoms with van der Waals surface area (Å²) in [7, 11) is -1.55. The van der Waals surface area contributed by atoms with Gasteiger partial charge in [-0.15, -0.1) is 0 Å². The third-order valence-corrected chi connectivity index (χ3v) is 10.9. The molecule has 4 heterocycles. The molecule has 3 saturated heterocycles. The van der Waals surface area contributed by atoms with Crippen molar-refractivity contribution in [2.45, 2.75) is 82.3 Å². The van der Waals surface area contributed by atoms with Crippen LogP contribution in [0.4, 0.5) is 19.0 Å². The van der Waals surface area contributed by atoms with Gasteiger partial charge in [0.25, 0.3) is 5.91 Å². The third kappa shape index (κ3) is 8.13. The zero-order chi connectivity index (χ0) is 32.4. The van der Waals surface area contributed by atoms with Crippen molar-refractivity contribution in [3.8, 4) is 0 Å². The van der Waals surface area contributed by atoms with Gasteiger partial charge in [0.15, 0.2) is 0 Å². The molecule has 0 aliphatic carbocycles. The first kappa shape index (κ1) is 33.6. The molecular formula is C31H43F3N6O4S. The van der Waals surface area contributed by atoms with E-state index in [9.17, 15) is 26.4 Å². The number of carbonyl (C=O) groups is 1. The molecule has 1 aromatic heterocycles. The highest BCUT2D eigenvalue weighted by atomic mass is 32.2. The molecule has 45 heavy (non-hydrogen) atoms. The molecule has 1 N–H and O–H groups in total. The van der Waals surface area contributed by atoms with Gasteiger partial charge in [0.2, 0.25) is 10.0 Å². The van der Waals surface area contributed by atoms with Crippen LogP contribution in [-0.2, 0) is 20.9 Å². The molecule has 2 atom stereocenters. The van der Waals surface area contributed by atoms with E-state index in [2.05, 4.69) is 20.2 Å². The van der Waals surface area contributed by atoms with Crippen LogP contribution in [0.5, 0.6) is 0 Å². The maximum Gasteiger partial charge on any atom is 0.416 e. The van der Waals surface area contributed by atoms with Gasteiger partial charge in [-0.25, -0.2) is 22.7 Å². The van der Waals surface area contributed by atoms with Gasteiger partial charge < -0.3 is 19.9 Å². The number of piperidine rings is 2. The third-order valence-electron chi connectivity index (χ3n) is 9.52. The molecule has 0 saturated carbocycles. The summed E-state index contributed by atoms with van der Waals surface area (Å²) in [4.78, 5) is 26.4. The molecule has 248 valence electrons. The molecule has 0 spiro atoms. The highest BCUT2D eigenvalue weighted by molar-refractivity contribution is 7.88. The summed E-state index contributed by atoms with van der Waals surface area (Å²) in [6.45, 7) is 5.14. The summed E-state index contributed by atoms with van der Waals surface area (Å²) < 4.78 is 71.1. The predicted octanol–water partition coefficient (Wildman–Crippen LogP) is 4.49. The van der Waals surface area contributed by atoms with E-state index in [0.29, 0.717) is 54.7 Å². The van der Waals surface area contributed by atoms with Crippen LogP contribution in [0.3, 0.4) is 0 Å². The van der Waals surface area contributed by atoms with Gasteiger partial charge in [-0.3, -0.25) is 4.79 Å². The lowest BCUT2D eigenvalue weighted by molar-refractivity contribution is -0.137. The highest BCUT2D eigenvalue weighted by Gasteiger charge is 2.34. The fourth-order valence-corrected chi connectivity index (χ4v) is 7.49. The molecule has 10 nitrogen and oxygen atoms in total. The Morgan fingerprint density at radius 1 is 1.07 bits per heavy atom. The Balaban J connectivity index is 1.12. The molecule has 1 aromatic carbocycles. The number of benzene rings is 1. The second-order valence-electron chi connectivity index (χ2n) is 12.4. The van der Waals surface area contributed by atoms with Crippen LogP contribution >= 0.6 is 0 Å². The Kier molecular flexibility index (Phi) is 10.4. The first-order valence-electron chi connectivity index (χ1n) is 15.7. The summed E-state index contributed by atoms with van der Waals surface area (Å²) in [5.41, 5.74) is 0.837. The van der Waals surface area contributed by atoms with Crippen molar-refractivity contribution in [3.63, 3.8) is 0 Å². The SMILES string of the molecule is Cc1c(NCC2CCCC(c3cccc(C(F)(F)F)c3)O2)ncnc1C(=O)N1CCC(N2CCC(N(C)S(C)(=O)=O)CC2)CC1. The second-order valence-corrected chi connectivity index (χ2v) is 14.5. The van der Waals surface area contributed by atoms with E-state index in [4.69, 9.17) is 4.74 Å². The normalized spacial score (nSPS) is 23.0. The molecule has 14 heteroatoms. The van der Waals surface area contributed by atoms with Gasteiger partial charge in [-0.2, -0.15) is 13.2 Å². The van der Waals surface area contributed by atoms with E-state index in [1.807, 2.05) is 11.8 Å². The summed E-state index contributed by atoms with van der Waals surface area (Å²) in [5.74, 6) is 0.401. The number of halogens is 3. The molecular weight excluding hydrogens is 609 g/mol. The smallest absolute Gasteiger partial charge is 0.368 e. The maximum absolute atomic E-state index is 13.5. The van der Waals surface area contributed by atoms with E-state index in [0.717, 1.165) is 57.7 Å². The Hall–Kier alpha value is -2.81. The summed E-state index contributed by atoms with van der Waals surface area (Å²) in [6, 6.07) is 5.71. The van der Waals surface area contributed by atoms with Gasteiger partial charge in [-0.1, -0.05) is 12.1 Å². The Bertz CT molecular complexity index is 1440. The van der Waals surface area contributed by atoms with Crippen LogP contribution < -0.4 is 5.32 Å². The van der Waals surface area contributed by atoms with Gasteiger partial charge >= 0.3 is 6.18 Å². The summed E-state index contributed by atoms with van der Waals surface area (Å²) >= 11 is 0. The lowest BCUT2D eigenvalue weighted by Crippen LogP contribution is -2.52. The van der Waals surface area contributed by atoms with Crippen molar-refractivity contribution in [2.75, 3.05) is 51.3 Å². The largest absolute Gasteiger partial charge is 0.416 e. The quantitative estimate of drug-likeness (QED) is 0.445. The fraction of sp³-hybridized carbons (Fsp3) is 0.645. The number of aromatic nitrogens is 2. The molecule has 0 radical (unpaired) electrons. The highest BCUT2D eigenvalue weighted by Crippen LogP contribution is 2.35. The number of sulfonamides is 1. The van der Waals surface area contributed by atoms with E-state index in [1.165, 1.54) is 29.0 Å². The lowest BCUT2D eigenvalue weighted by atomic mass is 9.97. The zero-order valence-corrected chi connectivity index (χ0v) is 26.9. The molecule has 2 aromatic rings.